The third-order valence-corrected chi connectivity index (χ3v) is 7.14. The van der Waals surface area contributed by atoms with Gasteiger partial charge in [-0.1, -0.05) is 20.8 Å². The summed E-state index contributed by atoms with van der Waals surface area (Å²) in [7, 11) is -3.09. The minimum absolute atomic E-state index is 0.206. The van der Waals surface area contributed by atoms with E-state index < -0.39 is 15.1 Å². The average molecular weight is 331 g/mol. The average Bonchev–Trinajstić information content (AvgIpc) is 2.75. The minimum Gasteiger partial charge on any atom is -0.309 e. The molecule has 0 saturated carbocycles. The number of hydrogen-bond acceptors (Lipinski definition) is 5. The monoisotopic (exact) mass is 330 g/mol. The molecule has 1 heterocycles. The van der Waals surface area contributed by atoms with Gasteiger partial charge in [-0.3, -0.25) is 0 Å². The van der Waals surface area contributed by atoms with Crippen LogP contribution in [0, 0.1) is 5.41 Å². The Morgan fingerprint density at radius 1 is 1.48 bits per heavy atom. The first kappa shape index (κ1) is 16.9. The van der Waals surface area contributed by atoms with Crippen LogP contribution < -0.4 is 5.32 Å². The van der Waals surface area contributed by atoms with Gasteiger partial charge in [0.05, 0.1) is 5.69 Å². The lowest BCUT2D eigenvalue weighted by Gasteiger charge is -2.34. The van der Waals surface area contributed by atoms with Crippen LogP contribution in [0.2, 0.25) is 0 Å². The Hall–Kier alpha value is -0.460. The van der Waals surface area contributed by atoms with Crippen molar-refractivity contribution in [2.24, 2.45) is 5.41 Å². The summed E-state index contributed by atoms with van der Waals surface area (Å²) in [5.74, 6) is 0. The number of aromatic nitrogens is 1. The molecule has 0 radical (unpaired) electrons. The Balaban J connectivity index is 2.36. The van der Waals surface area contributed by atoms with E-state index in [4.69, 9.17) is 0 Å². The largest absolute Gasteiger partial charge is 0.309 e. The summed E-state index contributed by atoms with van der Waals surface area (Å²) in [6.07, 6.45) is 4.39. The highest BCUT2D eigenvalue weighted by molar-refractivity contribution is 7.91. The highest BCUT2D eigenvalue weighted by Gasteiger charge is 2.36. The van der Waals surface area contributed by atoms with E-state index in [2.05, 4.69) is 31.1 Å². The predicted octanol–water partition coefficient (Wildman–Crippen LogP) is 3.26. The summed E-state index contributed by atoms with van der Waals surface area (Å²) in [6.45, 7) is 9.39. The van der Waals surface area contributed by atoms with Gasteiger partial charge in [0.25, 0.3) is 0 Å². The van der Waals surface area contributed by atoms with Crippen molar-refractivity contribution in [2.45, 2.75) is 58.2 Å². The first-order valence-corrected chi connectivity index (χ1v) is 10.3. The fourth-order valence-corrected chi connectivity index (χ4v) is 4.97. The van der Waals surface area contributed by atoms with E-state index in [-0.39, 0.29) is 5.41 Å². The summed E-state index contributed by atoms with van der Waals surface area (Å²) >= 11 is 1.58. The Labute approximate surface area is 132 Å². The van der Waals surface area contributed by atoms with Crippen molar-refractivity contribution >= 4 is 21.2 Å². The fraction of sp³-hybridized carbons (Fsp3) is 0.800. The molecule has 6 heteroatoms. The smallest absolute Gasteiger partial charge is 0.156 e. The molecule has 0 spiro atoms. The molecular formula is C15H26N2O2S2. The van der Waals surface area contributed by atoms with Gasteiger partial charge >= 0.3 is 0 Å². The maximum Gasteiger partial charge on any atom is 0.156 e. The van der Waals surface area contributed by atoms with Crippen LogP contribution in [-0.2, 0) is 16.3 Å². The Bertz CT molecular complexity index is 605. The Morgan fingerprint density at radius 2 is 2.14 bits per heavy atom. The molecule has 21 heavy (non-hydrogen) atoms. The molecule has 1 aromatic heterocycles. The van der Waals surface area contributed by atoms with Crippen LogP contribution in [0.15, 0.2) is 0 Å². The topological polar surface area (TPSA) is 59.1 Å². The molecule has 0 bridgehead atoms. The van der Waals surface area contributed by atoms with E-state index >= 15 is 0 Å². The van der Waals surface area contributed by atoms with Gasteiger partial charge in [-0.25, -0.2) is 13.4 Å². The number of hydrogen-bond donors (Lipinski definition) is 1. The van der Waals surface area contributed by atoms with E-state index in [0.29, 0.717) is 6.04 Å². The van der Waals surface area contributed by atoms with Crippen molar-refractivity contribution in [3.63, 3.8) is 0 Å². The minimum atomic E-state index is -3.09. The lowest BCUT2D eigenvalue weighted by atomic mass is 9.76. The number of rotatable bonds is 5. The molecule has 0 aromatic carbocycles. The zero-order chi connectivity index (χ0) is 15.8. The van der Waals surface area contributed by atoms with Gasteiger partial charge in [-0.05, 0) is 38.1 Å². The van der Waals surface area contributed by atoms with Gasteiger partial charge < -0.3 is 5.32 Å². The second-order valence-electron chi connectivity index (χ2n) is 6.89. The molecule has 0 amide bonds. The molecule has 0 aliphatic heterocycles. The van der Waals surface area contributed by atoms with Crippen LogP contribution in [0.3, 0.4) is 0 Å². The summed E-state index contributed by atoms with van der Waals surface area (Å²) < 4.78 is 23.6. The van der Waals surface area contributed by atoms with Crippen LogP contribution in [0.4, 0.5) is 0 Å². The van der Waals surface area contributed by atoms with Gasteiger partial charge in [-0.15, -0.1) is 11.3 Å². The maximum absolute atomic E-state index is 11.8. The Kier molecular flexibility index (Phi) is 4.81. The fourth-order valence-electron chi connectivity index (χ4n) is 2.79. The first-order chi connectivity index (χ1) is 9.64. The second kappa shape index (κ2) is 5.97. The Morgan fingerprint density at radius 3 is 2.71 bits per heavy atom. The number of thiazole rings is 1. The normalized spacial score (nSPS) is 22.8. The van der Waals surface area contributed by atoms with E-state index in [1.807, 2.05) is 0 Å². The van der Waals surface area contributed by atoms with Crippen molar-refractivity contribution in [2.75, 3.05) is 12.8 Å². The zero-order valence-corrected chi connectivity index (χ0v) is 15.2. The lowest BCUT2D eigenvalue weighted by molar-refractivity contribution is 0.258. The van der Waals surface area contributed by atoms with Crippen molar-refractivity contribution in [3.8, 4) is 0 Å². The van der Waals surface area contributed by atoms with Crippen LogP contribution in [0.1, 0.15) is 67.4 Å². The van der Waals surface area contributed by atoms with Gasteiger partial charge in [0.1, 0.15) is 10.3 Å². The second-order valence-corrected chi connectivity index (χ2v) is 10.3. The summed E-state index contributed by atoms with van der Waals surface area (Å²) in [5, 5.41) is 3.82. The van der Waals surface area contributed by atoms with E-state index in [9.17, 15) is 8.42 Å². The molecule has 120 valence electrons. The highest BCUT2D eigenvalue weighted by Crippen LogP contribution is 2.44. The van der Waals surface area contributed by atoms with Crippen molar-refractivity contribution in [1.82, 2.24) is 10.3 Å². The number of nitrogens with one attached hydrogen (secondary N) is 1. The molecule has 2 atom stereocenters. The standard InChI is InChI=1S/C15H26N2O2S2/c1-6-7-16-11-8-15(3,4)9-12-13(11)20-14(17-12)10(2)21(5,18)19/h10-11,16H,6-9H2,1-5H3. The van der Waals surface area contributed by atoms with Crippen LogP contribution in [0.5, 0.6) is 0 Å². The molecular weight excluding hydrogens is 304 g/mol. The molecule has 1 N–H and O–H groups in total. The van der Waals surface area contributed by atoms with E-state index in [1.54, 1.807) is 18.3 Å². The zero-order valence-electron chi connectivity index (χ0n) is 13.6. The predicted molar refractivity (Wildman–Crippen MR) is 88.5 cm³/mol. The van der Waals surface area contributed by atoms with E-state index in [0.717, 1.165) is 36.5 Å². The van der Waals surface area contributed by atoms with Gasteiger partial charge in [0.15, 0.2) is 9.84 Å². The quantitative estimate of drug-likeness (QED) is 0.900. The van der Waals surface area contributed by atoms with Crippen LogP contribution in [-0.4, -0.2) is 26.2 Å². The summed E-state index contributed by atoms with van der Waals surface area (Å²) in [4.78, 5) is 5.91. The molecule has 4 nitrogen and oxygen atoms in total. The van der Waals surface area contributed by atoms with E-state index in [1.165, 1.54) is 11.1 Å². The van der Waals surface area contributed by atoms with Gasteiger partial charge in [0.2, 0.25) is 0 Å². The molecule has 1 aromatic rings. The number of fused-ring (bicyclic) bond motifs is 1. The van der Waals surface area contributed by atoms with Gasteiger partial charge in [-0.2, -0.15) is 0 Å². The molecule has 0 fully saturated rings. The van der Waals surface area contributed by atoms with Crippen molar-refractivity contribution in [3.05, 3.63) is 15.6 Å². The molecule has 0 saturated heterocycles. The molecule has 2 unspecified atom stereocenters. The highest BCUT2D eigenvalue weighted by atomic mass is 32.2. The van der Waals surface area contributed by atoms with Gasteiger partial charge in [0, 0.05) is 17.2 Å². The maximum atomic E-state index is 11.8. The summed E-state index contributed by atoms with van der Waals surface area (Å²) in [6, 6.07) is 0.307. The number of nitrogens with zero attached hydrogens (tertiary/aromatic N) is 1. The van der Waals surface area contributed by atoms with Crippen molar-refractivity contribution < 1.29 is 8.42 Å². The third kappa shape index (κ3) is 3.85. The van der Waals surface area contributed by atoms with Crippen LogP contribution in [0.25, 0.3) is 0 Å². The number of sulfone groups is 1. The molecule has 2 rings (SSSR count). The third-order valence-electron chi connectivity index (χ3n) is 4.09. The SMILES string of the molecule is CCCNC1CC(C)(C)Cc2nc(C(C)S(C)(=O)=O)sc21. The lowest BCUT2D eigenvalue weighted by Crippen LogP contribution is -2.33. The van der Waals surface area contributed by atoms with Crippen molar-refractivity contribution in [1.29, 1.82) is 0 Å². The molecule has 1 aliphatic rings. The first-order valence-electron chi connectivity index (χ1n) is 7.56. The summed E-state index contributed by atoms with van der Waals surface area (Å²) in [5.41, 5.74) is 1.30. The molecule has 1 aliphatic carbocycles. The van der Waals surface area contributed by atoms with Crippen LogP contribution >= 0.6 is 11.3 Å².